The number of benzene rings is 2. The van der Waals surface area contributed by atoms with Crippen LogP contribution in [0.25, 0.3) is 6.08 Å². The van der Waals surface area contributed by atoms with Gasteiger partial charge in [-0.2, -0.15) is 5.26 Å². The van der Waals surface area contributed by atoms with Gasteiger partial charge in [0.25, 0.3) is 17.3 Å². The van der Waals surface area contributed by atoms with E-state index in [1.54, 1.807) is 19.1 Å². The second-order valence-corrected chi connectivity index (χ2v) is 7.61. The predicted octanol–water partition coefficient (Wildman–Crippen LogP) is 4.25. The van der Waals surface area contributed by atoms with Gasteiger partial charge in [0.1, 0.15) is 23.0 Å². The molecule has 0 saturated heterocycles. The van der Waals surface area contributed by atoms with Crippen molar-refractivity contribution in [3.8, 4) is 17.6 Å². The van der Waals surface area contributed by atoms with Gasteiger partial charge in [0.05, 0.1) is 34.8 Å². The molecular weight excluding hydrogens is 500 g/mol. The number of nitrogens with zero attached hydrogens (tertiary/aromatic N) is 3. The van der Waals surface area contributed by atoms with Gasteiger partial charge in [0.15, 0.2) is 11.5 Å². The molecule has 3 aromatic rings. The number of hydrogen-bond acceptors (Lipinski definition) is 10. The molecule has 13 nitrogen and oxygen atoms in total. The molecule has 0 unspecified atom stereocenters. The summed E-state index contributed by atoms with van der Waals surface area (Å²) < 4.78 is 16.0. The number of rotatable bonds is 10. The first-order valence-corrected chi connectivity index (χ1v) is 11.0. The molecule has 0 aliphatic carbocycles. The van der Waals surface area contributed by atoms with E-state index in [4.69, 9.17) is 13.9 Å². The highest BCUT2D eigenvalue weighted by Gasteiger charge is 2.26. The molecule has 0 bridgehead atoms. The van der Waals surface area contributed by atoms with Crippen LogP contribution in [-0.2, 0) is 11.3 Å². The average molecular weight is 520 g/mol. The van der Waals surface area contributed by atoms with Crippen LogP contribution in [-0.4, -0.2) is 28.3 Å². The van der Waals surface area contributed by atoms with Gasteiger partial charge < -0.3 is 19.2 Å². The summed E-state index contributed by atoms with van der Waals surface area (Å²) in [6.07, 6.45) is 2.76. The third-order valence-corrected chi connectivity index (χ3v) is 5.13. The van der Waals surface area contributed by atoms with Gasteiger partial charge in [-0.1, -0.05) is 6.07 Å². The van der Waals surface area contributed by atoms with E-state index in [0.29, 0.717) is 11.3 Å². The zero-order valence-corrected chi connectivity index (χ0v) is 20.1. The van der Waals surface area contributed by atoms with Crippen molar-refractivity contribution in [1.29, 1.82) is 5.26 Å². The Morgan fingerprint density at radius 2 is 1.79 bits per heavy atom. The monoisotopic (exact) mass is 520 g/mol. The van der Waals surface area contributed by atoms with Crippen LogP contribution < -0.4 is 14.8 Å². The molecule has 0 aliphatic heterocycles. The minimum Gasteiger partial charge on any atom is -0.490 e. The number of ether oxygens (including phenoxy) is 2. The summed E-state index contributed by atoms with van der Waals surface area (Å²) in [6.45, 7) is 3.12. The minimum absolute atomic E-state index is 0.0685. The van der Waals surface area contributed by atoms with Crippen molar-refractivity contribution in [3.63, 3.8) is 0 Å². The van der Waals surface area contributed by atoms with Crippen LogP contribution in [0.2, 0.25) is 0 Å². The SMILES string of the molecule is CCOc1cc(/C=C(\C#N)C(=O)NCc2ccco2)ccc1OC(=O)c1cc([N+](=O)[O-])c(C)c([N+](=O)[O-])c1. The molecule has 0 saturated carbocycles. The van der Waals surface area contributed by atoms with E-state index >= 15 is 0 Å². The van der Waals surface area contributed by atoms with Gasteiger partial charge in [-0.05, 0) is 49.8 Å². The van der Waals surface area contributed by atoms with Crippen molar-refractivity contribution in [2.45, 2.75) is 20.4 Å². The first-order chi connectivity index (χ1) is 18.1. The van der Waals surface area contributed by atoms with E-state index in [-0.39, 0.29) is 35.8 Å². The van der Waals surface area contributed by atoms with Crippen LogP contribution in [0.4, 0.5) is 11.4 Å². The highest BCUT2D eigenvalue weighted by atomic mass is 16.6. The first-order valence-electron chi connectivity index (χ1n) is 11.0. The van der Waals surface area contributed by atoms with Crippen LogP contribution in [0.1, 0.15) is 34.2 Å². The van der Waals surface area contributed by atoms with Crippen molar-refractivity contribution in [2.75, 3.05) is 6.61 Å². The standard InChI is InChI=1S/C25H20N4O9/c1-3-36-23-10-16(9-18(13-26)24(30)27-14-19-5-4-8-37-19)6-7-22(23)38-25(31)17-11-20(28(32)33)15(2)21(12-17)29(34)35/h4-12H,3,14H2,1-2H3,(H,27,30)/b18-9+. The third-order valence-electron chi connectivity index (χ3n) is 5.13. The lowest BCUT2D eigenvalue weighted by molar-refractivity contribution is -0.395. The van der Waals surface area contributed by atoms with Crippen LogP contribution in [0, 0.1) is 38.5 Å². The zero-order chi connectivity index (χ0) is 27.8. The maximum atomic E-state index is 12.8. The Hall–Kier alpha value is -5.51. The fourth-order valence-corrected chi connectivity index (χ4v) is 3.30. The van der Waals surface area contributed by atoms with Crippen LogP contribution in [0.3, 0.4) is 0 Å². The molecule has 0 aliphatic rings. The van der Waals surface area contributed by atoms with Crippen molar-refractivity contribution < 1.29 is 33.3 Å². The van der Waals surface area contributed by atoms with Crippen molar-refractivity contribution in [2.24, 2.45) is 0 Å². The molecule has 1 heterocycles. The summed E-state index contributed by atoms with van der Waals surface area (Å²) >= 11 is 0. The fraction of sp³-hybridized carbons (Fsp3) is 0.160. The number of carbonyl (C=O) groups excluding carboxylic acids is 2. The van der Waals surface area contributed by atoms with Gasteiger partial charge in [0, 0.05) is 12.1 Å². The number of amides is 1. The molecule has 2 aromatic carbocycles. The second-order valence-electron chi connectivity index (χ2n) is 7.61. The quantitative estimate of drug-likeness (QED) is 0.101. The van der Waals surface area contributed by atoms with E-state index in [2.05, 4.69) is 5.32 Å². The Balaban J connectivity index is 1.87. The molecule has 0 radical (unpaired) electrons. The van der Waals surface area contributed by atoms with Crippen molar-refractivity contribution in [1.82, 2.24) is 5.32 Å². The van der Waals surface area contributed by atoms with Crippen LogP contribution >= 0.6 is 0 Å². The number of carbonyl (C=O) groups is 2. The van der Waals surface area contributed by atoms with Gasteiger partial charge >= 0.3 is 5.97 Å². The van der Waals surface area contributed by atoms with E-state index in [0.717, 1.165) is 12.1 Å². The molecule has 194 valence electrons. The van der Waals surface area contributed by atoms with Crippen molar-refractivity contribution >= 4 is 29.3 Å². The van der Waals surface area contributed by atoms with E-state index in [9.17, 15) is 35.1 Å². The van der Waals surface area contributed by atoms with Gasteiger partial charge in [0.2, 0.25) is 0 Å². The minimum atomic E-state index is -1.09. The lowest BCUT2D eigenvalue weighted by Gasteiger charge is -2.12. The molecule has 1 N–H and O–H groups in total. The molecule has 0 fully saturated rings. The molecular formula is C25H20N4O9. The molecule has 1 amide bonds. The normalized spacial score (nSPS) is 10.8. The summed E-state index contributed by atoms with van der Waals surface area (Å²) in [6, 6.07) is 11.1. The average Bonchev–Trinajstić information content (AvgIpc) is 3.41. The zero-order valence-electron chi connectivity index (χ0n) is 20.1. The van der Waals surface area contributed by atoms with Crippen LogP contribution in [0.5, 0.6) is 11.5 Å². The van der Waals surface area contributed by atoms with E-state index in [1.165, 1.54) is 37.5 Å². The largest absolute Gasteiger partial charge is 0.490 e. The lowest BCUT2D eigenvalue weighted by atomic mass is 10.1. The van der Waals surface area contributed by atoms with E-state index in [1.807, 2.05) is 6.07 Å². The smallest absolute Gasteiger partial charge is 0.344 e. The third kappa shape index (κ3) is 6.38. The van der Waals surface area contributed by atoms with E-state index < -0.39 is 38.7 Å². The number of nitrogens with one attached hydrogen (secondary N) is 1. The molecule has 3 rings (SSSR count). The van der Waals surface area contributed by atoms with Gasteiger partial charge in [-0.15, -0.1) is 0 Å². The Morgan fingerprint density at radius 3 is 2.34 bits per heavy atom. The molecule has 0 spiro atoms. The van der Waals surface area contributed by atoms with Gasteiger partial charge in [-0.25, -0.2) is 4.79 Å². The highest BCUT2D eigenvalue weighted by molar-refractivity contribution is 6.01. The number of hydrogen-bond donors (Lipinski definition) is 1. The second kappa shape index (κ2) is 12.0. The number of furan rings is 1. The number of nitro benzene ring substituents is 2. The predicted molar refractivity (Wildman–Crippen MR) is 131 cm³/mol. The Labute approximate surface area is 215 Å². The highest BCUT2D eigenvalue weighted by Crippen LogP contribution is 2.33. The lowest BCUT2D eigenvalue weighted by Crippen LogP contribution is -2.23. The summed E-state index contributed by atoms with van der Waals surface area (Å²) in [4.78, 5) is 46.1. The molecule has 0 atom stereocenters. The first kappa shape index (κ1) is 27.1. The summed E-state index contributed by atoms with van der Waals surface area (Å²) in [5, 5.41) is 34.6. The molecule has 38 heavy (non-hydrogen) atoms. The number of nitro groups is 2. The fourth-order valence-electron chi connectivity index (χ4n) is 3.30. The summed E-state index contributed by atoms with van der Waals surface area (Å²) in [7, 11) is 0. The summed E-state index contributed by atoms with van der Waals surface area (Å²) in [5.74, 6) is -1.24. The maximum Gasteiger partial charge on any atom is 0.344 e. The topological polar surface area (TPSA) is 188 Å². The Kier molecular flexibility index (Phi) is 8.52. The van der Waals surface area contributed by atoms with Crippen molar-refractivity contribution in [3.05, 3.63) is 97.0 Å². The number of nitriles is 1. The Morgan fingerprint density at radius 1 is 1.11 bits per heavy atom. The van der Waals surface area contributed by atoms with Gasteiger partial charge in [-0.3, -0.25) is 25.0 Å². The summed E-state index contributed by atoms with van der Waals surface area (Å²) in [5.41, 5.74) is -1.65. The molecule has 13 heteroatoms. The number of esters is 1. The maximum absolute atomic E-state index is 12.8. The molecule has 1 aromatic heterocycles. The van der Waals surface area contributed by atoms with Crippen LogP contribution in [0.15, 0.2) is 58.7 Å². The Bertz CT molecular complexity index is 1440.